The van der Waals surface area contributed by atoms with E-state index in [-0.39, 0.29) is 10.4 Å². The zero-order valence-electron chi connectivity index (χ0n) is 7.76. The van der Waals surface area contributed by atoms with E-state index >= 15 is 0 Å². The van der Waals surface area contributed by atoms with Crippen molar-refractivity contribution in [3.8, 4) is 0 Å². The van der Waals surface area contributed by atoms with E-state index in [0.29, 0.717) is 12.5 Å². The third-order valence-electron chi connectivity index (χ3n) is 2.06. The molecule has 0 aromatic heterocycles. The molecule has 0 spiro atoms. The first-order valence-corrected chi connectivity index (χ1v) is 5.32. The number of ether oxygens (including phenoxy) is 1. The first-order chi connectivity index (χ1) is 6.68. The zero-order chi connectivity index (χ0) is 10.4. The fraction of sp³-hybridized carbons (Fsp3) is 0.667. The fourth-order valence-electron chi connectivity index (χ4n) is 1.36. The summed E-state index contributed by atoms with van der Waals surface area (Å²) in [6.45, 7) is 2.17. The molecule has 0 bridgehead atoms. The lowest BCUT2D eigenvalue weighted by molar-refractivity contribution is -0.116. The van der Waals surface area contributed by atoms with E-state index in [4.69, 9.17) is 27.9 Å². The molecule has 0 aromatic rings. The summed E-state index contributed by atoms with van der Waals surface area (Å²) in [7, 11) is 0. The Kier molecular flexibility index (Phi) is 5.30. The van der Waals surface area contributed by atoms with Crippen molar-refractivity contribution in [1.29, 1.82) is 0 Å². The second kappa shape index (κ2) is 6.27. The molecule has 5 heteroatoms. The number of halogens is 2. The first-order valence-electron chi connectivity index (χ1n) is 4.57. The molecule has 1 N–H and O–H groups in total. The second-order valence-electron chi connectivity index (χ2n) is 3.26. The Morgan fingerprint density at radius 3 is 2.93 bits per heavy atom. The van der Waals surface area contributed by atoms with E-state index < -0.39 is 0 Å². The topological polar surface area (TPSA) is 38.3 Å². The van der Waals surface area contributed by atoms with Crippen LogP contribution in [-0.4, -0.2) is 25.7 Å². The van der Waals surface area contributed by atoms with Crippen molar-refractivity contribution in [2.75, 3.05) is 19.8 Å². The zero-order valence-corrected chi connectivity index (χ0v) is 9.27. The van der Waals surface area contributed by atoms with Crippen LogP contribution in [0.5, 0.6) is 0 Å². The van der Waals surface area contributed by atoms with Gasteiger partial charge in [0.2, 0.25) is 5.91 Å². The molecule has 80 valence electrons. The van der Waals surface area contributed by atoms with Gasteiger partial charge < -0.3 is 10.1 Å². The lowest BCUT2D eigenvalue weighted by atomic mass is 10.0. The van der Waals surface area contributed by atoms with Crippen molar-refractivity contribution in [2.45, 2.75) is 12.8 Å². The number of hydrogen-bond donors (Lipinski definition) is 1. The maximum absolute atomic E-state index is 11.1. The average Bonchev–Trinajstić information content (AvgIpc) is 2.15. The quantitative estimate of drug-likeness (QED) is 0.762. The molecule has 1 atom stereocenters. The standard InChI is InChI=1S/C9H13Cl2NO2/c10-8(11)4-9(13)12-5-7-2-1-3-14-6-7/h4,7H,1-3,5-6H2,(H,12,13)/t7-/m0/s1. The Bertz CT molecular complexity index is 221. The number of amides is 1. The molecule has 1 saturated heterocycles. The molecule has 14 heavy (non-hydrogen) atoms. The van der Waals surface area contributed by atoms with Crippen molar-refractivity contribution in [2.24, 2.45) is 5.92 Å². The van der Waals surface area contributed by atoms with Gasteiger partial charge in [-0.2, -0.15) is 0 Å². The van der Waals surface area contributed by atoms with Gasteiger partial charge >= 0.3 is 0 Å². The van der Waals surface area contributed by atoms with Gasteiger partial charge in [-0.15, -0.1) is 0 Å². The predicted molar refractivity (Wildman–Crippen MR) is 56.3 cm³/mol. The Morgan fingerprint density at radius 1 is 1.57 bits per heavy atom. The minimum Gasteiger partial charge on any atom is -0.381 e. The van der Waals surface area contributed by atoms with Gasteiger partial charge in [0, 0.05) is 19.2 Å². The van der Waals surface area contributed by atoms with Crippen LogP contribution in [0.4, 0.5) is 0 Å². The highest BCUT2D eigenvalue weighted by molar-refractivity contribution is 6.56. The highest BCUT2D eigenvalue weighted by Gasteiger charge is 2.13. The van der Waals surface area contributed by atoms with Gasteiger partial charge in [-0.1, -0.05) is 23.2 Å². The number of hydrogen-bond acceptors (Lipinski definition) is 2. The molecule has 0 aromatic carbocycles. The van der Waals surface area contributed by atoms with E-state index in [9.17, 15) is 4.79 Å². The lowest BCUT2D eigenvalue weighted by Gasteiger charge is -2.21. The van der Waals surface area contributed by atoms with Gasteiger partial charge in [0.15, 0.2) is 0 Å². The summed E-state index contributed by atoms with van der Waals surface area (Å²) in [5.41, 5.74) is 0. The van der Waals surface area contributed by atoms with Crippen molar-refractivity contribution in [3.05, 3.63) is 10.6 Å². The number of rotatable bonds is 3. The molecule has 1 aliphatic heterocycles. The van der Waals surface area contributed by atoms with Crippen LogP contribution in [0.1, 0.15) is 12.8 Å². The molecule has 1 heterocycles. The first kappa shape index (κ1) is 11.8. The van der Waals surface area contributed by atoms with Gasteiger partial charge in [0.25, 0.3) is 0 Å². The monoisotopic (exact) mass is 237 g/mol. The Hall–Kier alpha value is -0.250. The van der Waals surface area contributed by atoms with Crippen LogP contribution in [-0.2, 0) is 9.53 Å². The summed E-state index contributed by atoms with van der Waals surface area (Å²) >= 11 is 10.7. The normalized spacial score (nSPS) is 21.4. The SMILES string of the molecule is O=C(C=C(Cl)Cl)NC[C@@H]1CCCOC1. The van der Waals surface area contributed by atoms with Gasteiger partial charge in [-0.05, 0) is 18.8 Å². The number of carbonyl (C=O) groups excluding carboxylic acids is 1. The van der Waals surface area contributed by atoms with Crippen LogP contribution in [0.3, 0.4) is 0 Å². The van der Waals surface area contributed by atoms with Crippen molar-refractivity contribution in [3.63, 3.8) is 0 Å². The highest BCUT2D eigenvalue weighted by atomic mass is 35.5. The molecule has 0 saturated carbocycles. The van der Waals surface area contributed by atoms with Crippen LogP contribution in [0, 0.1) is 5.92 Å². The van der Waals surface area contributed by atoms with Crippen LogP contribution < -0.4 is 5.32 Å². The van der Waals surface area contributed by atoms with E-state index in [1.54, 1.807) is 0 Å². The van der Waals surface area contributed by atoms with Gasteiger partial charge in [-0.25, -0.2) is 0 Å². The summed E-state index contributed by atoms with van der Waals surface area (Å²) in [6.07, 6.45) is 3.32. The smallest absolute Gasteiger partial charge is 0.246 e. The van der Waals surface area contributed by atoms with Crippen molar-refractivity contribution < 1.29 is 9.53 Å². The molecule has 1 rings (SSSR count). The highest BCUT2D eigenvalue weighted by Crippen LogP contribution is 2.12. The summed E-state index contributed by atoms with van der Waals surface area (Å²) in [5.74, 6) is 0.158. The largest absolute Gasteiger partial charge is 0.381 e. The van der Waals surface area contributed by atoms with E-state index in [1.807, 2.05) is 0 Å². The van der Waals surface area contributed by atoms with Gasteiger partial charge in [-0.3, -0.25) is 4.79 Å². The molecular formula is C9H13Cl2NO2. The summed E-state index contributed by atoms with van der Waals surface area (Å²) in [6, 6.07) is 0. The minimum atomic E-state index is -0.254. The molecule has 0 unspecified atom stereocenters. The van der Waals surface area contributed by atoms with Gasteiger partial charge in [0.05, 0.1) is 6.61 Å². The number of nitrogens with one attached hydrogen (secondary N) is 1. The fourth-order valence-corrected chi connectivity index (χ4v) is 1.56. The Balaban J connectivity index is 2.19. The Labute approximate surface area is 93.4 Å². The maximum atomic E-state index is 11.1. The lowest BCUT2D eigenvalue weighted by Crippen LogP contribution is -2.32. The summed E-state index contributed by atoms with van der Waals surface area (Å²) in [5, 5.41) is 2.72. The average molecular weight is 238 g/mol. The molecule has 1 aliphatic rings. The molecular weight excluding hydrogens is 225 g/mol. The van der Waals surface area contributed by atoms with Crippen LogP contribution in [0.2, 0.25) is 0 Å². The van der Waals surface area contributed by atoms with E-state index in [1.165, 1.54) is 0 Å². The van der Waals surface area contributed by atoms with Crippen molar-refractivity contribution >= 4 is 29.1 Å². The van der Waals surface area contributed by atoms with Crippen molar-refractivity contribution in [1.82, 2.24) is 5.32 Å². The molecule has 0 aliphatic carbocycles. The summed E-state index contributed by atoms with van der Waals surface area (Å²) in [4.78, 5) is 11.1. The van der Waals surface area contributed by atoms with E-state index in [2.05, 4.69) is 5.32 Å². The van der Waals surface area contributed by atoms with Gasteiger partial charge in [0.1, 0.15) is 4.49 Å². The summed E-state index contributed by atoms with van der Waals surface area (Å²) < 4.78 is 5.25. The number of carbonyl (C=O) groups is 1. The second-order valence-corrected chi connectivity index (χ2v) is 4.27. The maximum Gasteiger partial charge on any atom is 0.246 e. The third-order valence-corrected chi connectivity index (χ3v) is 2.28. The van der Waals surface area contributed by atoms with Crippen LogP contribution >= 0.6 is 23.2 Å². The Morgan fingerprint density at radius 2 is 2.36 bits per heavy atom. The molecule has 1 amide bonds. The molecule has 0 radical (unpaired) electrons. The van der Waals surface area contributed by atoms with Crippen LogP contribution in [0.15, 0.2) is 10.6 Å². The predicted octanol–water partition coefficient (Wildman–Crippen LogP) is 1.85. The minimum absolute atomic E-state index is 0.0256. The third kappa shape index (κ3) is 4.84. The van der Waals surface area contributed by atoms with E-state index in [0.717, 1.165) is 32.1 Å². The molecule has 3 nitrogen and oxygen atoms in total. The molecule has 1 fully saturated rings. The van der Waals surface area contributed by atoms with Crippen LogP contribution in [0.25, 0.3) is 0 Å².